The summed E-state index contributed by atoms with van der Waals surface area (Å²) < 4.78 is 1.78. The summed E-state index contributed by atoms with van der Waals surface area (Å²) in [5.74, 6) is 1.14. The minimum atomic E-state index is 0. The number of carbonyl (C=O) groups is 1. The van der Waals surface area contributed by atoms with Crippen molar-refractivity contribution in [2.24, 2.45) is 11.7 Å². The molecular formula is C15H21Cl2N5O. The van der Waals surface area contributed by atoms with Gasteiger partial charge in [-0.3, -0.25) is 9.36 Å². The Hall–Kier alpha value is -1.63. The fourth-order valence-corrected chi connectivity index (χ4v) is 2.85. The van der Waals surface area contributed by atoms with Gasteiger partial charge in [0.15, 0.2) is 0 Å². The van der Waals surface area contributed by atoms with Gasteiger partial charge in [-0.15, -0.1) is 24.8 Å². The summed E-state index contributed by atoms with van der Waals surface area (Å²) in [6.07, 6.45) is 7.79. The fraction of sp³-hybridized carbons (Fsp3) is 0.400. The first kappa shape index (κ1) is 19.4. The quantitative estimate of drug-likeness (QED) is 0.910. The smallest absolute Gasteiger partial charge is 0.254 e. The van der Waals surface area contributed by atoms with Gasteiger partial charge in [-0.25, -0.2) is 9.97 Å². The van der Waals surface area contributed by atoms with E-state index in [1.54, 1.807) is 41.6 Å². The van der Waals surface area contributed by atoms with E-state index in [9.17, 15) is 4.79 Å². The van der Waals surface area contributed by atoms with Crippen molar-refractivity contribution in [1.29, 1.82) is 0 Å². The zero-order chi connectivity index (χ0) is 14.8. The first-order valence-electron chi connectivity index (χ1n) is 7.14. The van der Waals surface area contributed by atoms with Crippen LogP contribution in [0.4, 0.5) is 0 Å². The number of likely N-dealkylation sites (tertiary alicyclic amines) is 1. The van der Waals surface area contributed by atoms with Crippen molar-refractivity contribution in [1.82, 2.24) is 19.4 Å². The average Bonchev–Trinajstić information content (AvgIpc) is 3.16. The summed E-state index contributed by atoms with van der Waals surface area (Å²) in [5, 5.41) is 0. The Morgan fingerprint density at radius 3 is 2.78 bits per heavy atom. The van der Waals surface area contributed by atoms with Crippen LogP contribution in [0.5, 0.6) is 0 Å². The van der Waals surface area contributed by atoms with Crippen LogP contribution in [0, 0.1) is 5.92 Å². The molecule has 2 N–H and O–H groups in total. The second-order valence-corrected chi connectivity index (χ2v) is 5.52. The lowest BCUT2D eigenvalue weighted by Crippen LogP contribution is -2.34. The molecule has 1 amide bonds. The minimum Gasteiger partial charge on any atom is -0.336 e. The molecule has 3 rings (SSSR count). The largest absolute Gasteiger partial charge is 0.336 e. The molecule has 2 unspecified atom stereocenters. The molecule has 2 aromatic heterocycles. The highest BCUT2D eigenvalue weighted by atomic mass is 35.5. The molecule has 1 fully saturated rings. The molecule has 0 aromatic carbocycles. The van der Waals surface area contributed by atoms with Gasteiger partial charge in [0.2, 0.25) is 0 Å². The lowest BCUT2D eigenvalue weighted by atomic mass is 10.1. The first-order valence-corrected chi connectivity index (χ1v) is 7.14. The molecule has 8 heteroatoms. The van der Waals surface area contributed by atoms with E-state index < -0.39 is 0 Å². The third-order valence-electron chi connectivity index (χ3n) is 4.02. The zero-order valence-electron chi connectivity index (χ0n) is 12.8. The lowest BCUT2D eigenvalue weighted by molar-refractivity contribution is 0.0743. The van der Waals surface area contributed by atoms with Crippen LogP contribution in [0.3, 0.4) is 0 Å². The Kier molecular flexibility index (Phi) is 7.00. The molecule has 3 heterocycles. The Labute approximate surface area is 147 Å². The summed E-state index contributed by atoms with van der Waals surface area (Å²) in [6, 6.07) is 3.79. The SMILES string of the molecule is CC1CC(CN)CN1C(=O)c1ccnc(-n2ccnc2)c1.Cl.Cl. The molecule has 23 heavy (non-hydrogen) atoms. The standard InChI is InChI=1S/C15H19N5O.2ClH/c1-11-6-12(8-16)9-20(11)15(21)13-2-3-18-14(7-13)19-5-4-17-10-19;;/h2-5,7,10-12H,6,8-9,16H2,1H3;2*1H. The van der Waals surface area contributed by atoms with E-state index in [4.69, 9.17) is 5.73 Å². The number of amides is 1. The highest BCUT2D eigenvalue weighted by molar-refractivity contribution is 5.95. The molecular weight excluding hydrogens is 337 g/mol. The van der Waals surface area contributed by atoms with Crippen LogP contribution in [-0.4, -0.2) is 44.5 Å². The summed E-state index contributed by atoms with van der Waals surface area (Å²) in [4.78, 5) is 22.9. The van der Waals surface area contributed by atoms with Crippen LogP contribution in [-0.2, 0) is 0 Å². The van der Waals surface area contributed by atoms with Crippen molar-refractivity contribution in [2.75, 3.05) is 13.1 Å². The van der Waals surface area contributed by atoms with E-state index in [-0.39, 0.29) is 36.8 Å². The minimum absolute atomic E-state index is 0. The van der Waals surface area contributed by atoms with Gasteiger partial charge in [0.25, 0.3) is 5.91 Å². The highest BCUT2D eigenvalue weighted by Gasteiger charge is 2.32. The molecule has 6 nitrogen and oxygen atoms in total. The van der Waals surface area contributed by atoms with Crippen LogP contribution < -0.4 is 5.73 Å². The van der Waals surface area contributed by atoms with Crippen molar-refractivity contribution < 1.29 is 4.79 Å². The van der Waals surface area contributed by atoms with Gasteiger partial charge in [0.1, 0.15) is 12.1 Å². The number of pyridine rings is 1. The summed E-state index contributed by atoms with van der Waals surface area (Å²) in [5.41, 5.74) is 6.38. The van der Waals surface area contributed by atoms with Gasteiger partial charge >= 0.3 is 0 Å². The Balaban J connectivity index is 0.00000132. The maximum Gasteiger partial charge on any atom is 0.254 e. The highest BCUT2D eigenvalue weighted by Crippen LogP contribution is 2.24. The van der Waals surface area contributed by atoms with E-state index >= 15 is 0 Å². The van der Waals surface area contributed by atoms with Crippen LogP contribution in [0.25, 0.3) is 5.82 Å². The number of nitrogens with two attached hydrogens (primary N) is 1. The first-order chi connectivity index (χ1) is 10.2. The Bertz CT molecular complexity index is 635. The zero-order valence-corrected chi connectivity index (χ0v) is 14.5. The van der Waals surface area contributed by atoms with Crippen LogP contribution in [0.2, 0.25) is 0 Å². The van der Waals surface area contributed by atoms with Gasteiger partial charge in [-0.2, -0.15) is 0 Å². The molecule has 2 aromatic rings. The van der Waals surface area contributed by atoms with E-state index in [2.05, 4.69) is 16.9 Å². The van der Waals surface area contributed by atoms with E-state index in [0.717, 1.165) is 13.0 Å². The van der Waals surface area contributed by atoms with Gasteiger partial charge in [-0.1, -0.05) is 0 Å². The number of hydrogen-bond donors (Lipinski definition) is 1. The number of rotatable bonds is 3. The fourth-order valence-electron chi connectivity index (χ4n) is 2.85. The molecule has 0 radical (unpaired) electrons. The molecule has 1 aliphatic rings. The number of carbonyl (C=O) groups excluding carboxylic acids is 1. The number of imidazole rings is 1. The predicted octanol–water partition coefficient (Wildman–Crippen LogP) is 1.92. The Morgan fingerprint density at radius 1 is 1.39 bits per heavy atom. The van der Waals surface area contributed by atoms with Gasteiger partial charge in [0, 0.05) is 36.7 Å². The number of halogens is 2. The maximum absolute atomic E-state index is 12.7. The van der Waals surface area contributed by atoms with Crippen molar-refractivity contribution in [2.45, 2.75) is 19.4 Å². The third kappa shape index (κ3) is 4.02. The van der Waals surface area contributed by atoms with Crippen LogP contribution in [0.15, 0.2) is 37.1 Å². The van der Waals surface area contributed by atoms with Crippen molar-refractivity contribution in [3.05, 3.63) is 42.6 Å². The van der Waals surface area contributed by atoms with Crippen LogP contribution >= 0.6 is 24.8 Å². The molecule has 1 aliphatic heterocycles. The summed E-state index contributed by atoms with van der Waals surface area (Å²) in [7, 11) is 0. The monoisotopic (exact) mass is 357 g/mol. The van der Waals surface area contributed by atoms with Crippen molar-refractivity contribution >= 4 is 30.7 Å². The molecule has 0 aliphatic carbocycles. The molecule has 0 saturated carbocycles. The van der Waals surface area contributed by atoms with Gasteiger partial charge < -0.3 is 10.6 Å². The summed E-state index contributed by atoms with van der Waals surface area (Å²) >= 11 is 0. The Morgan fingerprint density at radius 2 is 2.17 bits per heavy atom. The van der Waals surface area contributed by atoms with Gasteiger partial charge in [0.05, 0.1) is 0 Å². The molecule has 1 saturated heterocycles. The average molecular weight is 358 g/mol. The van der Waals surface area contributed by atoms with E-state index in [0.29, 0.717) is 23.8 Å². The van der Waals surface area contributed by atoms with Crippen LogP contribution in [0.1, 0.15) is 23.7 Å². The second kappa shape index (κ2) is 8.29. The number of nitrogens with zero attached hydrogens (tertiary/aromatic N) is 4. The molecule has 0 spiro atoms. The number of hydrogen-bond acceptors (Lipinski definition) is 4. The van der Waals surface area contributed by atoms with E-state index in [1.807, 2.05) is 4.90 Å². The predicted molar refractivity (Wildman–Crippen MR) is 93.5 cm³/mol. The van der Waals surface area contributed by atoms with E-state index in [1.165, 1.54) is 0 Å². The topological polar surface area (TPSA) is 77.0 Å². The van der Waals surface area contributed by atoms with Crippen molar-refractivity contribution in [3.63, 3.8) is 0 Å². The van der Waals surface area contributed by atoms with Crippen molar-refractivity contribution in [3.8, 4) is 5.82 Å². The molecule has 126 valence electrons. The third-order valence-corrected chi connectivity index (χ3v) is 4.02. The molecule has 0 bridgehead atoms. The lowest BCUT2D eigenvalue weighted by Gasteiger charge is -2.21. The van der Waals surface area contributed by atoms with Gasteiger partial charge in [-0.05, 0) is 37.9 Å². The normalized spacial score (nSPS) is 19.8. The summed E-state index contributed by atoms with van der Waals surface area (Å²) in [6.45, 7) is 3.44. The maximum atomic E-state index is 12.7. The second-order valence-electron chi connectivity index (χ2n) is 5.52. The number of aromatic nitrogens is 3. The molecule has 2 atom stereocenters.